The van der Waals surface area contributed by atoms with Gasteiger partial charge in [-0.15, -0.1) is 0 Å². The van der Waals surface area contributed by atoms with Crippen molar-refractivity contribution in [3.05, 3.63) is 0 Å². The van der Waals surface area contributed by atoms with E-state index in [1.807, 2.05) is 0 Å². The van der Waals surface area contributed by atoms with E-state index in [0.29, 0.717) is 11.9 Å². The van der Waals surface area contributed by atoms with Gasteiger partial charge in [0.2, 0.25) is 5.91 Å². The fourth-order valence-electron chi connectivity index (χ4n) is 3.04. The van der Waals surface area contributed by atoms with E-state index in [-0.39, 0.29) is 0 Å². The van der Waals surface area contributed by atoms with Crippen LogP contribution in [0.1, 0.15) is 90.9 Å². The Labute approximate surface area is 119 Å². The summed E-state index contributed by atoms with van der Waals surface area (Å²) >= 11 is 0. The lowest BCUT2D eigenvalue weighted by Crippen LogP contribution is -2.33. The molecule has 2 heteroatoms. The number of unbranched alkanes of at least 4 members (excludes halogenated alkanes) is 8. The predicted molar refractivity (Wildman–Crippen MR) is 82.3 cm³/mol. The Morgan fingerprint density at radius 2 is 1.58 bits per heavy atom. The van der Waals surface area contributed by atoms with E-state index < -0.39 is 0 Å². The number of likely N-dealkylation sites (tertiary alicyclic amines) is 1. The van der Waals surface area contributed by atoms with Crippen molar-refractivity contribution in [2.24, 2.45) is 0 Å². The second kappa shape index (κ2) is 10.3. The fourth-order valence-corrected chi connectivity index (χ4v) is 3.04. The quantitative estimate of drug-likeness (QED) is 0.487. The van der Waals surface area contributed by atoms with Crippen molar-refractivity contribution < 1.29 is 4.79 Å². The molecule has 1 amide bonds. The topological polar surface area (TPSA) is 20.3 Å². The van der Waals surface area contributed by atoms with E-state index in [1.165, 1.54) is 64.2 Å². The van der Waals surface area contributed by atoms with Crippen molar-refractivity contribution in [3.63, 3.8) is 0 Å². The molecule has 1 heterocycles. The molecule has 0 aromatic heterocycles. The molecule has 1 aliphatic rings. The van der Waals surface area contributed by atoms with Crippen LogP contribution in [0.5, 0.6) is 0 Å². The first-order chi connectivity index (χ1) is 9.25. The van der Waals surface area contributed by atoms with Crippen LogP contribution in [0, 0.1) is 0 Å². The minimum Gasteiger partial charge on any atom is -0.340 e. The van der Waals surface area contributed by atoms with Gasteiger partial charge in [-0.05, 0) is 19.8 Å². The first-order valence-electron chi connectivity index (χ1n) is 8.55. The van der Waals surface area contributed by atoms with Gasteiger partial charge < -0.3 is 4.90 Å². The second-order valence-electron chi connectivity index (χ2n) is 6.16. The standard InChI is InChI=1S/C17H33NO/c1-3-4-5-6-7-8-9-10-11-13-16(2)18-15-12-14-17(18)19/h16H,3-15H2,1-2H3. The molecule has 0 radical (unpaired) electrons. The molecule has 0 spiro atoms. The largest absolute Gasteiger partial charge is 0.340 e. The number of carbonyl (C=O) groups is 1. The lowest BCUT2D eigenvalue weighted by Gasteiger charge is -2.24. The minimum atomic E-state index is 0.378. The molecule has 112 valence electrons. The molecule has 2 nitrogen and oxygen atoms in total. The predicted octanol–water partition coefficient (Wildman–Crippen LogP) is 4.92. The van der Waals surface area contributed by atoms with Crippen molar-refractivity contribution in [2.75, 3.05) is 6.54 Å². The highest BCUT2D eigenvalue weighted by Gasteiger charge is 2.24. The summed E-state index contributed by atoms with van der Waals surface area (Å²) in [6.45, 7) is 5.48. The Morgan fingerprint density at radius 3 is 2.11 bits per heavy atom. The molecule has 0 N–H and O–H groups in total. The zero-order valence-electron chi connectivity index (χ0n) is 13.1. The first-order valence-corrected chi connectivity index (χ1v) is 8.55. The number of nitrogens with zero attached hydrogens (tertiary/aromatic N) is 1. The van der Waals surface area contributed by atoms with Crippen molar-refractivity contribution in [1.82, 2.24) is 4.90 Å². The van der Waals surface area contributed by atoms with Crippen molar-refractivity contribution >= 4 is 5.91 Å². The zero-order chi connectivity index (χ0) is 13.9. The van der Waals surface area contributed by atoms with E-state index in [0.717, 1.165) is 19.4 Å². The smallest absolute Gasteiger partial charge is 0.222 e. The first kappa shape index (κ1) is 16.5. The third-order valence-electron chi connectivity index (χ3n) is 4.37. The lowest BCUT2D eigenvalue weighted by molar-refractivity contribution is -0.129. The average molecular weight is 267 g/mol. The van der Waals surface area contributed by atoms with Gasteiger partial charge in [-0.25, -0.2) is 0 Å². The highest BCUT2D eigenvalue weighted by atomic mass is 16.2. The van der Waals surface area contributed by atoms with Crippen LogP contribution in [0.3, 0.4) is 0 Å². The van der Waals surface area contributed by atoms with Gasteiger partial charge in [0.15, 0.2) is 0 Å². The molecule has 19 heavy (non-hydrogen) atoms. The van der Waals surface area contributed by atoms with Crippen LogP contribution in [-0.4, -0.2) is 23.4 Å². The van der Waals surface area contributed by atoms with Gasteiger partial charge in [0, 0.05) is 19.0 Å². The van der Waals surface area contributed by atoms with Crippen LogP contribution in [0.2, 0.25) is 0 Å². The third-order valence-corrected chi connectivity index (χ3v) is 4.37. The molecular formula is C17H33NO. The normalized spacial score (nSPS) is 17.2. The summed E-state index contributed by atoms with van der Waals surface area (Å²) in [4.78, 5) is 13.7. The summed E-state index contributed by atoms with van der Waals surface area (Å²) < 4.78 is 0. The van der Waals surface area contributed by atoms with Crippen LogP contribution in [0.25, 0.3) is 0 Å². The number of rotatable bonds is 11. The Kier molecular flexibility index (Phi) is 8.94. The molecule has 0 aromatic rings. The molecule has 0 aliphatic carbocycles. The summed E-state index contributed by atoms with van der Waals surface area (Å²) in [6, 6.07) is 0.472. The van der Waals surface area contributed by atoms with Crippen LogP contribution < -0.4 is 0 Å². The van der Waals surface area contributed by atoms with Crippen LogP contribution in [-0.2, 0) is 4.79 Å². The molecule has 1 saturated heterocycles. The van der Waals surface area contributed by atoms with Crippen LogP contribution in [0.15, 0.2) is 0 Å². The van der Waals surface area contributed by atoms with Crippen LogP contribution in [0.4, 0.5) is 0 Å². The molecular weight excluding hydrogens is 234 g/mol. The van der Waals surface area contributed by atoms with E-state index in [1.54, 1.807) is 0 Å². The van der Waals surface area contributed by atoms with Gasteiger partial charge in [-0.2, -0.15) is 0 Å². The summed E-state index contributed by atoms with van der Waals surface area (Å²) in [5.74, 6) is 0.378. The zero-order valence-corrected chi connectivity index (χ0v) is 13.1. The fraction of sp³-hybridized carbons (Fsp3) is 0.941. The van der Waals surface area contributed by atoms with Gasteiger partial charge in [0.1, 0.15) is 0 Å². The molecule has 1 aliphatic heterocycles. The Balaban J connectivity index is 1.89. The molecule has 0 aromatic carbocycles. The SMILES string of the molecule is CCCCCCCCCCCC(C)N1CCCC1=O. The van der Waals surface area contributed by atoms with Gasteiger partial charge >= 0.3 is 0 Å². The highest BCUT2D eigenvalue weighted by Crippen LogP contribution is 2.18. The summed E-state index contributed by atoms with van der Waals surface area (Å²) in [6.07, 6.45) is 15.5. The average Bonchev–Trinajstić information content (AvgIpc) is 2.83. The van der Waals surface area contributed by atoms with Crippen molar-refractivity contribution in [2.45, 2.75) is 96.9 Å². The van der Waals surface area contributed by atoms with Crippen LogP contribution >= 0.6 is 0 Å². The Morgan fingerprint density at radius 1 is 1.00 bits per heavy atom. The monoisotopic (exact) mass is 267 g/mol. The van der Waals surface area contributed by atoms with E-state index in [2.05, 4.69) is 18.7 Å². The molecule has 1 atom stereocenters. The van der Waals surface area contributed by atoms with Gasteiger partial charge in [-0.1, -0.05) is 64.7 Å². The maximum Gasteiger partial charge on any atom is 0.222 e. The summed E-state index contributed by atoms with van der Waals surface area (Å²) in [5, 5.41) is 0. The Bertz CT molecular complexity index is 239. The van der Waals surface area contributed by atoms with E-state index in [9.17, 15) is 4.79 Å². The second-order valence-corrected chi connectivity index (χ2v) is 6.16. The molecule has 0 bridgehead atoms. The third kappa shape index (κ3) is 6.98. The summed E-state index contributed by atoms with van der Waals surface area (Å²) in [5.41, 5.74) is 0. The Hall–Kier alpha value is -0.530. The number of hydrogen-bond acceptors (Lipinski definition) is 1. The molecule has 0 saturated carbocycles. The van der Waals surface area contributed by atoms with Gasteiger partial charge in [0.05, 0.1) is 0 Å². The molecule has 1 unspecified atom stereocenters. The van der Waals surface area contributed by atoms with Crippen molar-refractivity contribution in [1.29, 1.82) is 0 Å². The minimum absolute atomic E-state index is 0.378. The van der Waals surface area contributed by atoms with Crippen molar-refractivity contribution in [3.8, 4) is 0 Å². The number of carbonyl (C=O) groups excluding carboxylic acids is 1. The van der Waals surface area contributed by atoms with E-state index in [4.69, 9.17) is 0 Å². The maximum absolute atomic E-state index is 11.6. The summed E-state index contributed by atoms with van der Waals surface area (Å²) in [7, 11) is 0. The number of amides is 1. The number of hydrogen-bond donors (Lipinski definition) is 0. The molecule has 1 fully saturated rings. The highest BCUT2D eigenvalue weighted by molar-refractivity contribution is 5.78. The lowest BCUT2D eigenvalue weighted by atomic mass is 10.0. The molecule has 1 rings (SSSR count). The van der Waals surface area contributed by atoms with E-state index >= 15 is 0 Å². The van der Waals surface area contributed by atoms with Gasteiger partial charge in [-0.3, -0.25) is 4.79 Å². The van der Waals surface area contributed by atoms with Gasteiger partial charge in [0.25, 0.3) is 0 Å². The maximum atomic E-state index is 11.6.